The largest absolute Gasteiger partial charge is 0.341 e. The quantitative estimate of drug-likeness (QED) is 0.841. The van der Waals surface area contributed by atoms with Crippen LogP contribution in [0.1, 0.15) is 11.1 Å². The molecule has 1 aromatic heterocycles. The minimum atomic E-state index is -0.319. The number of nitrogens with zero attached hydrogens (tertiary/aromatic N) is 3. The van der Waals surface area contributed by atoms with E-state index in [1.165, 1.54) is 12.1 Å². The summed E-state index contributed by atoms with van der Waals surface area (Å²) in [5.74, 6) is -0.366. The lowest BCUT2D eigenvalue weighted by Gasteiger charge is -2.16. The van der Waals surface area contributed by atoms with Crippen LogP contribution < -0.4 is 0 Å². The van der Waals surface area contributed by atoms with Crippen LogP contribution in [0.4, 0.5) is 4.39 Å². The highest BCUT2D eigenvalue weighted by molar-refractivity contribution is 5.78. The summed E-state index contributed by atoms with van der Waals surface area (Å²) < 4.78 is 14.7. The first-order chi connectivity index (χ1) is 9.04. The first kappa shape index (κ1) is 13.3. The third-order valence-corrected chi connectivity index (χ3v) is 2.85. The number of carbonyl (C=O) groups is 1. The second-order valence-corrected chi connectivity index (χ2v) is 4.58. The fourth-order valence-electron chi connectivity index (χ4n) is 1.87. The summed E-state index contributed by atoms with van der Waals surface area (Å²) in [7, 11) is 3.56. The average Bonchev–Trinajstić information content (AvgIpc) is 2.74. The zero-order valence-electron chi connectivity index (χ0n) is 11.0. The second kappa shape index (κ2) is 5.65. The molecular formula is C14H16FN3O. The fourth-order valence-corrected chi connectivity index (χ4v) is 1.87. The molecule has 1 heterocycles. The van der Waals surface area contributed by atoms with E-state index in [2.05, 4.69) is 5.10 Å². The molecule has 0 saturated carbocycles. The maximum absolute atomic E-state index is 13.0. The number of likely N-dealkylation sites (N-methyl/N-ethyl adjacent to an activating group) is 1. The summed E-state index contributed by atoms with van der Waals surface area (Å²) in [6.45, 7) is 0.502. The van der Waals surface area contributed by atoms with Crippen LogP contribution in [0.15, 0.2) is 36.7 Å². The molecule has 0 fully saturated rings. The third kappa shape index (κ3) is 3.64. The summed E-state index contributed by atoms with van der Waals surface area (Å²) in [5.41, 5.74) is 1.65. The molecule has 0 atom stereocenters. The van der Waals surface area contributed by atoms with Crippen molar-refractivity contribution in [2.24, 2.45) is 7.05 Å². The number of hydrogen-bond donors (Lipinski definition) is 0. The molecule has 1 aromatic carbocycles. The van der Waals surface area contributed by atoms with Crippen molar-refractivity contribution in [2.75, 3.05) is 7.05 Å². The Balaban J connectivity index is 1.96. The Morgan fingerprint density at radius 1 is 1.42 bits per heavy atom. The number of hydrogen-bond acceptors (Lipinski definition) is 2. The van der Waals surface area contributed by atoms with Crippen molar-refractivity contribution in [2.45, 2.75) is 13.0 Å². The van der Waals surface area contributed by atoms with Crippen molar-refractivity contribution >= 4 is 5.91 Å². The van der Waals surface area contributed by atoms with Crippen molar-refractivity contribution in [1.82, 2.24) is 14.7 Å². The van der Waals surface area contributed by atoms with E-state index in [0.717, 1.165) is 5.56 Å². The Morgan fingerprint density at radius 3 is 2.84 bits per heavy atom. The minimum Gasteiger partial charge on any atom is -0.341 e. The van der Waals surface area contributed by atoms with Gasteiger partial charge in [0.25, 0.3) is 0 Å². The van der Waals surface area contributed by atoms with E-state index >= 15 is 0 Å². The lowest BCUT2D eigenvalue weighted by Crippen LogP contribution is -2.27. The van der Waals surface area contributed by atoms with Gasteiger partial charge in [-0.1, -0.05) is 12.1 Å². The molecule has 0 N–H and O–H groups in total. The summed E-state index contributed by atoms with van der Waals surface area (Å²) in [4.78, 5) is 13.6. The molecule has 0 aliphatic rings. The zero-order valence-corrected chi connectivity index (χ0v) is 11.0. The Bertz CT molecular complexity index is 580. The van der Waals surface area contributed by atoms with E-state index in [-0.39, 0.29) is 18.1 Å². The van der Waals surface area contributed by atoms with E-state index in [4.69, 9.17) is 0 Å². The second-order valence-electron chi connectivity index (χ2n) is 4.58. The molecule has 0 saturated heterocycles. The van der Waals surface area contributed by atoms with Crippen molar-refractivity contribution in [3.05, 3.63) is 53.6 Å². The molecule has 1 amide bonds. The van der Waals surface area contributed by atoms with Crippen LogP contribution in [0.25, 0.3) is 0 Å². The third-order valence-electron chi connectivity index (χ3n) is 2.85. The Morgan fingerprint density at radius 2 is 2.21 bits per heavy atom. The predicted molar refractivity (Wildman–Crippen MR) is 69.8 cm³/mol. The summed E-state index contributed by atoms with van der Waals surface area (Å²) in [6.07, 6.45) is 3.80. The lowest BCUT2D eigenvalue weighted by atomic mass is 10.1. The minimum absolute atomic E-state index is 0.0468. The van der Waals surface area contributed by atoms with Crippen molar-refractivity contribution in [1.29, 1.82) is 0 Å². The molecule has 0 radical (unpaired) electrons. The molecule has 0 spiro atoms. The molecule has 0 aliphatic carbocycles. The first-order valence-corrected chi connectivity index (χ1v) is 6.00. The van der Waals surface area contributed by atoms with Gasteiger partial charge in [-0.3, -0.25) is 9.48 Å². The van der Waals surface area contributed by atoms with E-state index in [9.17, 15) is 9.18 Å². The Labute approximate surface area is 111 Å². The maximum Gasteiger partial charge on any atom is 0.227 e. The van der Waals surface area contributed by atoms with Crippen LogP contribution in [-0.2, 0) is 24.8 Å². The van der Waals surface area contributed by atoms with Crippen molar-refractivity contribution < 1.29 is 9.18 Å². The molecule has 4 nitrogen and oxygen atoms in total. The summed E-state index contributed by atoms with van der Waals surface area (Å²) >= 11 is 0. The fraction of sp³-hybridized carbons (Fsp3) is 0.286. The normalized spacial score (nSPS) is 10.5. The Kier molecular flexibility index (Phi) is 3.94. The van der Waals surface area contributed by atoms with Crippen molar-refractivity contribution in [3.63, 3.8) is 0 Å². The standard InChI is InChI=1S/C14H16FN3O/c1-17(9-12-8-16-18(2)10-12)14(19)7-11-4-3-5-13(15)6-11/h3-6,8,10H,7,9H2,1-2H3. The summed E-state index contributed by atoms with van der Waals surface area (Å²) in [5, 5.41) is 4.05. The smallest absolute Gasteiger partial charge is 0.227 e. The number of halogens is 1. The van der Waals surface area contributed by atoms with Crippen molar-refractivity contribution in [3.8, 4) is 0 Å². The highest BCUT2D eigenvalue weighted by Crippen LogP contribution is 2.08. The van der Waals surface area contributed by atoms with Gasteiger partial charge in [0, 0.05) is 32.4 Å². The molecule has 19 heavy (non-hydrogen) atoms. The van der Waals surface area contributed by atoms with Gasteiger partial charge in [0.2, 0.25) is 5.91 Å². The van der Waals surface area contributed by atoms with Gasteiger partial charge in [-0.25, -0.2) is 4.39 Å². The average molecular weight is 261 g/mol. The molecule has 5 heteroatoms. The molecule has 2 rings (SSSR count). The SMILES string of the molecule is CN(Cc1cnn(C)c1)C(=O)Cc1cccc(F)c1. The van der Waals surface area contributed by atoms with Gasteiger partial charge in [0.15, 0.2) is 0 Å². The van der Waals surface area contributed by atoms with Gasteiger partial charge in [-0.05, 0) is 17.7 Å². The number of aryl methyl sites for hydroxylation is 1. The Hall–Kier alpha value is -2.17. The highest BCUT2D eigenvalue weighted by Gasteiger charge is 2.11. The van der Waals surface area contributed by atoms with Gasteiger partial charge >= 0.3 is 0 Å². The van der Waals surface area contributed by atoms with E-state index in [1.54, 1.807) is 35.0 Å². The van der Waals surface area contributed by atoms with Gasteiger partial charge in [-0.2, -0.15) is 5.10 Å². The number of benzene rings is 1. The molecule has 0 unspecified atom stereocenters. The monoisotopic (exact) mass is 261 g/mol. The summed E-state index contributed by atoms with van der Waals surface area (Å²) in [6, 6.07) is 6.11. The van der Waals surface area contributed by atoms with Crippen LogP contribution in [0.2, 0.25) is 0 Å². The molecule has 0 aliphatic heterocycles. The van der Waals surface area contributed by atoms with Gasteiger partial charge in [-0.15, -0.1) is 0 Å². The zero-order chi connectivity index (χ0) is 13.8. The molecular weight excluding hydrogens is 245 g/mol. The highest BCUT2D eigenvalue weighted by atomic mass is 19.1. The van der Waals surface area contributed by atoms with E-state index in [1.807, 2.05) is 13.2 Å². The molecule has 2 aromatic rings. The van der Waals surface area contributed by atoms with Gasteiger partial charge in [0.05, 0.1) is 12.6 Å². The van der Waals surface area contributed by atoms with Gasteiger partial charge in [0.1, 0.15) is 5.82 Å². The maximum atomic E-state index is 13.0. The van der Waals surface area contributed by atoms with Crippen LogP contribution >= 0.6 is 0 Å². The van der Waals surface area contributed by atoms with E-state index in [0.29, 0.717) is 12.1 Å². The predicted octanol–water partition coefficient (Wildman–Crippen LogP) is 1.76. The van der Waals surface area contributed by atoms with Crippen LogP contribution in [-0.4, -0.2) is 27.6 Å². The van der Waals surface area contributed by atoms with Crippen LogP contribution in [0.3, 0.4) is 0 Å². The first-order valence-electron chi connectivity index (χ1n) is 6.00. The molecule has 100 valence electrons. The lowest BCUT2D eigenvalue weighted by molar-refractivity contribution is -0.129. The topological polar surface area (TPSA) is 38.1 Å². The number of rotatable bonds is 4. The number of aromatic nitrogens is 2. The van der Waals surface area contributed by atoms with Crippen LogP contribution in [0, 0.1) is 5.82 Å². The number of carbonyl (C=O) groups excluding carboxylic acids is 1. The molecule has 0 bridgehead atoms. The van der Waals surface area contributed by atoms with Crippen LogP contribution in [0.5, 0.6) is 0 Å². The van der Waals surface area contributed by atoms with Gasteiger partial charge < -0.3 is 4.90 Å². The van der Waals surface area contributed by atoms with E-state index < -0.39 is 0 Å². The number of amides is 1.